The quantitative estimate of drug-likeness (QED) is 0.710. The Hall–Kier alpha value is -0.370. The number of ketones is 1. The van der Waals surface area contributed by atoms with E-state index in [4.69, 9.17) is 5.73 Å². The molecule has 0 amide bonds. The van der Waals surface area contributed by atoms with Crippen LogP contribution in [0.15, 0.2) is 0 Å². The number of carbonyl (C=O) groups excluding carboxylic acids is 1. The summed E-state index contributed by atoms with van der Waals surface area (Å²) in [6.07, 6.45) is 7.70. The molecule has 0 radical (unpaired) electrons. The summed E-state index contributed by atoms with van der Waals surface area (Å²) in [6, 6.07) is -0.178. The molecule has 13 heavy (non-hydrogen) atoms. The number of unbranched alkanes of at least 4 members (excludes halogenated alkanes) is 1. The molecule has 0 aromatic heterocycles. The van der Waals surface area contributed by atoms with E-state index >= 15 is 0 Å². The van der Waals surface area contributed by atoms with Crippen LogP contribution in [0.2, 0.25) is 0 Å². The smallest absolute Gasteiger partial charge is 0.152 e. The van der Waals surface area contributed by atoms with Gasteiger partial charge in [-0.05, 0) is 19.3 Å². The van der Waals surface area contributed by atoms with E-state index in [1.165, 1.54) is 12.8 Å². The number of nitrogens with two attached hydrogens (primary N) is 1. The zero-order valence-electron chi connectivity index (χ0n) is 8.59. The molecule has 0 bridgehead atoms. The van der Waals surface area contributed by atoms with Crippen LogP contribution < -0.4 is 5.73 Å². The van der Waals surface area contributed by atoms with E-state index in [0.29, 0.717) is 11.7 Å². The van der Waals surface area contributed by atoms with Gasteiger partial charge in [-0.2, -0.15) is 0 Å². The maximum atomic E-state index is 11.7. The largest absolute Gasteiger partial charge is 0.321 e. The van der Waals surface area contributed by atoms with E-state index in [0.717, 1.165) is 32.1 Å². The van der Waals surface area contributed by atoms with Gasteiger partial charge in [-0.25, -0.2) is 0 Å². The molecular formula is C11H21NO. The van der Waals surface area contributed by atoms with Gasteiger partial charge in [0.25, 0.3) is 0 Å². The Morgan fingerprint density at radius 3 is 2.62 bits per heavy atom. The van der Waals surface area contributed by atoms with E-state index in [2.05, 4.69) is 6.92 Å². The van der Waals surface area contributed by atoms with Crippen LogP contribution in [-0.2, 0) is 4.79 Å². The summed E-state index contributed by atoms with van der Waals surface area (Å²) in [5, 5.41) is 0. The number of carbonyl (C=O) groups is 1. The highest BCUT2D eigenvalue weighted by molar-refractivity contribution is 5.86. The highest BCUT2D eigenvalue weighted by Gasteiger charge is 2.26. The molecule has 0 aromatic carbocycles. The van der Waals surface area contributed by atoms with Gasteiger partial charge >= 0.3 is 0 Å². The molecule has 1 atom stereocenters. The number of hydrogen-bond acceptors (Lipinski definition) is 2. The predicted molar refractivity (Wildman–Crippen MR) is 54.5 cm³/mol. The highest BCUT2D eigenvalue weighted by Crippen LogP contribution is 2.26. The molecule has 2 heteroatoms. The van der Waals surface area contributed by atoms with Crippen molar-refractivity contribution in [1.29, 1.82) is 0 Å². The summed E-state index contributed by atoms with van der Waals surface area (Å²) in [6.45, 7) is 2.13. The van der Waals surface area contributed by atoms with E-state index in [1.54, 1.807) is 0 Å². The fraction of sp³-hybridized carbons (Fsp3) is 0.909. The molecule has 0 aliphatic heterocycles. The maximum absolute atomic E-state index is 11.7. The van der Waals surface area contributed by atoms with Crippen LogP contribution in [0.25, 0.3) is 0 Å². The van der Waals surface area contributed by atoms with Gasteiger partial charge in [0.15, 0.2) is 5.78 Å². The normalized spacial score (nSPS) is 20.5. The lowest BCUT2D eigenvalue weighted by Gasteiger charge is -2.14. The van der Waals surface area contributed by atoms with Crippen molar-refractivity contribution in [3.05, 3.63) is 0 Å². The third-order valence-electron chi connectivity index (χ3n) is 2.99. The van der Waals surface area contributed by atoms with Crippen molar-refractivity contribution in [2.24, 2.45) is 11.7 Å². The van der Waals surface area contributed by atoms with E-state index in [9.17, 15) is 4.79 Å². The number of Topliss-reactive ketones (excluding diaryl/α,β-unsaturated/α-hetero) is 1. The van der Waals surface area contributed by atoms with Crippen molar-refractivity contribution in [3.8, 4) is 0 Å². The van der Waals surface area contributed by atoms with Gasteiger partial charge in [0, 0.05) is 5.92 Å². The Labute approximate surface area is 80.9 Å². The van der Waals surface area contributed by atoms with Crippen molar-refractivity contribution >= 4 is 5.78 Å². The van der Waals surface area contributed by atoms with Crippen LogP contribution in [-0.4, -0.2) is 11.8 Å². The zero-order chi connectivity index (χ0) is 9.68. The van der Waals surface area contributed by atoms with E-state index in [-0.39, 0.29) is 6.04 Å². The van der Waals surface area contributed by atoms with Gasteiger partial charge in [0.2, 0.25) is 0 Å². The fourth-order valence-electron chi connectivity index (χ4n) is 2.08. The summed E-state index contributed by atoms with van der Waals surface area (Å²) >= 11 is 0. The minimum Gasteiger partial charge on any atom is -0.321 e. The molecule has 1 fully saturated rings. The van der Waals surface area contributed by atoms with E-state index < -0.39 is 0 Å². The van der Waals surface area contributed by atoms with Gasteiger partial charge in [-0.1, -0.05) is 32.6 Å². The van der Waals surface area contributed by atoms with Crippen LogP contribution in [0, 0.1) is 5.92 Å². The molecule has 2 nitrogen and oxygen atoms in total. The molecule has 1 aliphatic rings. The van der Waals surface area contributed by atoms with Gasteiger partial charge < -0.3 is 5.73 Å². The monoisotopic (exact) mass is 183 g/mol. The first-order valence-corrected chi connectivity index (χ1v) is 5.55. The second kappa shape index (κ2) is 5.38. The first-order chi connectivity index (χ1) is 6.25. The topological polar surface area (TPSA) is 43.1 Å². The average Bonchev–Trinajstić information content (AvgIpc) is 2.65. The molecule has 76 valence electrons. The summed E-state index contributed by atoms with van der Waals surface area (Å²) in [4.78, 5) is 11.7. The second-order valence-corrected chi connectivity index (χ2v) is 4.13. The number of hydrogen-bond donors (Lipinski definition) is 1. The first kappa shape index (κ1) is 10.7. The molecule has 1 saturated carbocycles. The summed E-state index contributed by atoms with van der Waals surface area (Å²) in [5.74, 6) is 0.623. The molecule has 2 N–H and O–H groups in total. The van der Waals surface area contributed by atoms with Crippen LogP contribution in [0.3, 0.4) is 0 Å². The molecular weight excluding hydrogens is 162 g/mol. The molecule has 1 rings (SSSR count). The third kappa shape index (κ3) is 3.11. The standard InChI is InChI=1S/C11H21NO/c1-2-3-8-10(12)11(13)9-6-4-5-7-9/h9-10H,2-8,12H2,1H3. The van der Waals surface area contributed by atoms with Crippen molar-refractivity contribution in [3.63, 3.8) is 0 Å². The van der Waals surface area contributed by atoms with Crippen molar-refractivity contribution < 1.29 is 4.79 Å². The van der Waals surface area contributed by atoms with Crippen molar-refractivity contribution in [1.82, 2.24) is 0 Å². The third-order valence-corrected chi connectivity index (χ3v) is 2.99. The highest BCUT2D eigenvalue weighted by atomic mass is 16.1. The molecule has 0 heterocycles. The summed E-state index contributed by atoms with van der Waals surface area (Å²) in [5.41, 5.74) is 5.83. The van der Waals surface area contributed by atoms with Crippen LogP contribution in [0.1, 0.15) is 51.9 Å². The van der Waals surface area contributed by atoms with Crippen molar-refractivity contribution in [2.45, 2.75) is 57.9 Å². The van der Waals surface area contributed by atoms with Gasteiger partial charge in [-0.3, -0.25) is 4.79 Å². The maximum Gasteiger partial charge on any atom is 0.152 e. The molecule has 0 spiro atoms. The fourth-order valence-corrected chi connectivity index (χ4v) is 2.08. The average molecular weight is 183 g/mol. The SMILES string of the molecule is CCCCC(N)C(=O)C1CCCC1. The van der Waals surface area contributed by atoms with Gasteiger partial charge in [-0.15, -0.1) is 0 Å². The first-order valence-electron chi connectivity index (χ1n) is 5.55. The van der Waals surface area contributed by atoms with Crippen LogP contribution in [0.5, 0.6) is 0 Å². The second-order valence-electron chi connectivity index (χ2n) is 4.13. The lowest BCUT2D eigenvalue weighted by Crippen LogP contribution is -2.34. The number of rotatable bonds is 5. The molecule has 0 aromatic rings. The molecule has 1 unspecified atom stereocenters. The molecule has 1 aliphatic carbocycles. The minimum absolute atomic E-state index is 0.178. The van der Waals surface area contributed by atoms with E-state index in [1.807, 2.05) is 0 Å². The Morgan fingerprint density at radius 1 is 1.46 bits per heavy atom. The van der Waals surface area contributed by atoms with Crippen LogP contribution >= 0.6 is 0 Å². The molecule has 0 saturated heterocycles. The lowest BCUT2D eigenvalue weighted by atomic mass is 9.94. The minimum atomic E-state index is -0.178. The Balaban J connectivity index is 2.28. The Kier molecular flexibility index (Phi) is 4.43. The predicted octanol–water partition coefficient (Wildman–Crippen LogP) is 2.26. The van der Waals surface area contributed by atoms with Crippen molar-refractivity contribution in [2.75, 3.05) is 0 Å². The zero-order valence-corrected chi connectivity index (χ0v) is 8.59. The Bertz CT molecular complexity index is 161. The lowest BCUT2D eigenvalue weighted by molar-refractivity contribution is -0.124. The van der Waals surface area contributed by atoms with Gasteiger partial charge in [0.1, 0.15) is 0 Å². The Morgan fingerprint density at radius 2 is 2.08 bits per heavy atom. The summed E-state index contributed by atoms with van der Waals surface area (Å²) < 4.78 is 0. The summed E-state index contributed by atoms with van der Waals surface area (Å²) in [7, 11) is 0. The van der Waals surface area contributed by atoms with Crippen LogP contribution in [0.4, 0.5) is 0 Å². The van der Waals surface area contributed by atoms with Gasteiger partial charge in [0.05, 0.1) is 6.04 Å².